The third kappa shape index (κ3) is 2.13. The highest BCUT2D eigenvalue weighted by Gasteiger charge is 2.15. The largest absolute Gasteiger partial charge is 0.325 e. The summed E-state index contributed by atoms with van der Waals surface area (Å²) in [6, 6.07) is 14.4. The van der Waals surface area contributed by atoms with E-state index in [9.17, 15) is 0 Å². The van der Waals surface area contributed by atoms with Crippen molar-refractivity contribution in [2.24, 2.45) is 0 Å². The van der Waals surface area contributed by atoms with Gasteiger partial charge in [-0.2, -0.15) is 0 Å². The summed E-state index contributed by atoms with van der Waals surface area (Å²) < 4.78 is 2.14. The zero-order chi connectivity index (χ0) is 13.2. The van der Waals surface area contributed by atoms with Gasteiger partial charge in [-0.25, -0.2) is 4.98 Å². The quantitative estimate of drug-likeness (QED) is 0.684. The second-order valence-electron chi connectivity index (χ2n) is 4.47. The summed E-state index contributed by atoms with van der Waals surface area (Å²) in [6.45, 7) is 4.07. The maximum absolute atomic E-state index is 6.20. The minimum Gasteiger partial charge on any atom is -0.325 e. The summed E-state index contributed by atoms with van der Waals surface area (Å²) in [5.41, 5.74) is 2.14. The van der Waals surface area contributed by atoms with Crippen LogP contribution in [0.5, 0.6) is 0 Å². The standard InChI is InChI=1S/C16H14ClN2/c1-2-15(12-6-4-3-5-7-12)19-11-9-13-14(17)8-10-18-16(13)19/h3-11,15H,1-2H2. The molecule has 0 aliphatic carbocycles. The highest BCUT2D eigenvalue weighted by Crippen LogP contribution is 2.29. The maximum Gasteiger partial charge on any atom is 0.141 e. The molecular formula is C16H14ClN2. The molecule has 2 nitrogen and oxygen atoms in total. The fraction of sp³-hybridized carbons (Fsp3) is 0.125. The highest BCUT2D eigenvalue weighted by atomic mass is 35.5. The molecule has 1 unspecified atom stereocenters. The van der Waals surface area contributed by atoms with Crippen molar-refractivity contribution in [3.63, 3.8) is 0 Å². The van der Waals surface area contributed by atoms with Crippen molar-refractivity contribution < 1.29 is 0 Å². The van der Waals surface area contributed by atoms with Crippen LogP contribution < -0.4 is 0 Å². The molecular weight excluding hydrogens is 256 g/mol. The van der Waals surface area contributed by atoms with Crippen LogP contribution in [0.3, 0.4) is 0 Å². The van der Waals surface area contributed by atoms with Gasteiger partial charge in [0.1, 0.15) is 5.65 Å². The molecule has 0 aliphatic heterocycles. The van der Waals surface area contributed by atoms with Gasteiger partial charge in [0.25, 0.3) is 0 Å². The third-order valence-electron chi connectivity index (χ3n) is 3.36. The zero-order valence-corrected chi connectivity index (χ0v) is 11.2. The van der Waals surface area contributed by atoms with E-state index in [4.69, 9.17) is 11.6 Å². The molecule has 3 heteroatoms. The summed E-state index contributed by atoms with van der Waals surface area (Å²) in [6.07, 6.45) is 4.54. The Bertz CT molecular complexity index is 688. The van der Waals surface area contributed by atoms with E-state index in [1.54, 1.807) is 6.20 Å². The lowest BCUT2D eigenvalue weighted by atomic mass is 10.0. The van der Waals surface area contributed by atoms with Crippen molar-refractivity contribution in [1.82, 2.24) is 9.55 Å². The van der Waals surface area contributed by atoms with Crippen molar-refractivity contribution in [3.05, 3.63) is 72.4 Å². The number of halogens is 1. The van der Waals surface area contributed by atoms with Gasteiger partial charge in [0.05, 0.1) is 11.1 Å². The van der Waals surface area contributed by atoms with Gasteiger partial charge in [-0.1, -0.05) is 48.9 Å². The Labute approximate surface area is 117 Å². The first kappa shape index (κ1) is 12.2. The average molecular weight is 270 g/mol. The Morgan fingerprint density at radius 1 is 1.16 bits per heavy atom. The van der Waals surface area contributed by atoms with Crippen molar-refractivity contribution in [2.45, 2.75) is 12.5 Å². The van der Waals surface area contributed by atoms with Crippen LogP contribution in [0.25, 0.3) is 11.0 Å². The second-order valence-corrected chi connectivity index (χ2v) is 4.88. The number of hydrogen-bond donors (Lipinski definition) is 0. The molecule has 0 aliphatic rings. The molecule has 0 N–H and O–H groups in total. The molecule has 0 bridgehead atoms. The Kier molecular flexibility index (Phi) is 3.26. The zero-order valence-electron chi connectivity index (χ0n) is 10.5. The van der Waals surface area contributed by atoms with Gasteiger partial charge in [-0.3, -0.25) is 0 Å². The SMILES string of the molecule is [CH2]CC(c1ccccc1)n1ccc2c(Cl)ccnc21. The number of pyridine rings is 1. The summed E-state index contributed by atoms with van der Waals surface area (Å²) in [5.74, 6) is 0. The molecule has 2 aromatic heterocycles. The smallest absolute Gasteiger partial charge is 0.141 e. The first-order chi connectivity index (χ1) is 9.31. The molecule has 2 heterocycles. The van der Waals surface area contributed by atoms with E-state index < -0.39 is 0 Å². The molecule has 19 heavy (non-hydrogen) atoms. The molecule has 0 saturated heterocycles. The summed E-state index contributed by atoms with van der Waals surface area (Å²) in [4.78, 5) is 4.45. The van der Waals surface area contributed by atoms with Crippen LogP contribution in [0.2, 0.25) is 5.02 Å². The predicted molar refractivity (Wildman–Crippen MR) is 79.3 cm³/mol. The minimum absolute atomic E-state index is 0.185. The number of fused-ring (bicyclic) bond motifs is 1. The maximum atomic E-state index is 6.20. The van der Waals surface area contributed by atoms with Crippen molar-refractivity contribution in [3.8, 4) is 0 Å². The van der Waals surface area contributed by atoms with E-state index in [0.717, 1.165) is 22.5 Å². The lowest BCUT2D eigenvalue weighted by molar-refractivity contribution is 0.607. The van der Waals surface area contributed by atoms with Crippen LogP contribution in [-0.2, 0) is 0 Å². The minimum atomic E-state index is 0.185. The number of aromatic nitrogens is 2. The second kappa shape index (κ2) is 5.06. The predicted octanol–water partition coefficient (Wildman–Crippen LogP) is 4.50. The Hall–Kier alpha value is -1.80. The Balaban J connectivity index is 2.15. The van der Waals surface area contributed by atoms with Crippen LogP contribution in [0.4, 0.5) is 0 Å². The molecule has 1 radical (unpaired) electrons. The average Bonchev–Trinajstić information content (AvgIpc) is 2.87. The number of benzene rings is 1. The monoisotopic (exact) mass is 269 g/mol. The normalized spacial score (nSPS) is 12.7. The lowest BCUT2D eigenvalue weighted by Crippen LogP contribution is -2.09. The van der Waals surface area contributed by atoms with Gasteiger partial charge in [0, 0.05) is 17.8 Å². The molecule has 3 aromatic rings. The van der Waals surface area contributed by atoms with E-state index >= 15 is 0 Å². The third-order valence-corrected chi connectivity index (χ3v) is 3.69. The number of hydrogen-bond acceptors (Lipinski definition) is 1. The highest BCUT2D eigenvalue weighted by molar-refractivity contribution is 6.35. The van der Waals surface area contributed by atoms with Gasteiger partial charge in [0.15, 0.2) is 0 Å². The molecule has 3 rings (SSSR count). The Morgan fingerprint density at radius 2 is 1.95 bits per heavy atom. The molecule has 1 atom stereocenters. The molecule has 0 saturated carbocycles. The fourth-order valence-electron chi connectivity index (χ4n) is 2.42. The molecule has 0 amide bonds. The van der Waals surface area contributed by atoms with Crippen LogP contribution in [-0.4, -0.2) is 9.55 Å². The molecule has 1 aromatic carbocycles. The van der Waals surface area contributed by atoms with E-state index in [2.05, 4.69) is 28.6 Å². The van der Waals surface area contributed by atoms with Crippen LogP contribution >= 0.6 is 11.6 Å². The van der Waals surface area contributed by atoms with Gasteiger partial charge in [-0.05, 0) is 24.1 Å². The van der Waals surface area contributed by atoms with Gasteiger partial charge < -0.3 is 4.57 Å². The summed E-state index contributed by atoms with van der Waals surface area (Å²) >= 11 is 6.20. The first-order valence-corrected chi connectivity index (χ1v) is 6.64. The van der Waals surface area contributed by atoms with Crippen molar-refractivity contribution in [2.75, 3.05) is 0 Å². The van der Waals surface area contributed by atoms with Gasteiger partial charge in [0.2, 0.25) is 0 Å². The number of nitrogens with zero attached hydrogens (tertiary/aromatic N) is 2. The number of rotatable bonds is 3. The lowest BCUT2D eigenvalue weighted by Gasteiger charge is -2.18. The van der Waals surface area contributed by atoms with Crippen LogP contribution in [0, 0.1) is 6.92 Å². The summed E-state index contributed by atoms with van der Waals surface area (Å²) in [5, 5.41) is 1.72. The van der Waals surface area contributed by atoms with E-state index in [1.165, 1.54) is 5.56 Å². The Morgan fingerprint density at radius 3 is 2.68 bits per heavy atom. The fourth-order valence-corrected chi connectivity index (χ4v) is 2.62. The molecule has 0 spiro atoms. The van der Waals surface area contributed by atoms with Gasteiger partial charge >= 0.3 is 0 Å². The van der Waals surface area contributed by atoms with E-state index in [1.807, 2.05) is 36.5 Å². The molecule has 0 fully saturated rings. The van der Waals surface area contributed by atoms with Crippen LogP contribution in [0.1, 0.15) is 18.0 Å². The van der Waals surface area contributed by atoms with Crippen LogP contribution in [0.15, 0.2) is 54.9 Å². The van der Waals surface area contributed by atoms with Crippen molar-refractivity contribution >= 4 is 22.6 Å². The topological polar surface area (TPSA) is 17.8 Å². The van der Waals surface area contributed by atoms with E-state index in [0.29, 0.717) is 0 Å². The summed E-state index contributed by atoms with van der Waals surface area (Å²) in [7, 11) is 0. The van der Waals surface area contributed by atoms with E-state index in [-0.39, 0.29) is 6.04 Å². The molecule has 95 valence electrons. The first-order valence-electron chi connectivity index (χ1n) is 6.26. The van der Waals surface area contributed by atoms with Crippen molar-refractivity contribution in [1.29, 1.82) is 0 Å². The van der Waals surface area contributed by atoms with Gasteiger partial charge in [-0.15, -0.1) is 0 Å².